The summed E-state index contributed by atoms with van der Waals surface area (Å²) in [5, 5.41) is 3.31. The summed E-state index contributed by atoms with van der Waals surface area (Å²) in [7, 11) is -1.50. The molecule has 0 fully saturated rings. The van der Waals surface area contributed by atoms with Gasteiger partial charge in [0, 0.05) is 44.8 Å². The van der Waals surface area contributed by atoms with E-state index in [-0.39, 0.29) is 25.5 Å². The molecule has 251 valence electrons. The summed E-state index contributed by atoms with van der Waals surface area (Å²) in [6.07, 6.45) is 3.85. The van der Waals surface area contributed by atoms with Crippen LogP contribution in [0.1, 0.15) is 53.0 Å². The summed E-state index contributed by atoms with van der Waals surface area (Å²) in [5.41, 5.74) is 9.59. The first kappa shape index (κ1) is 34.6. The molecule has 4 nitrogen and oxygen atoms in total. The molecule has 0 saturated heterocycles. The fourth-order valence-corrected chi connectivity index (χ4v) is 7.31. The Bertz CT molecular complexity index is 2230. The molecule has 0 bridgehead atoms. The molecule has 0 saturated carbocycles. The molecule has 0 aliphatic heterocycles. The molecule has 1 radical (unpaired) electrons. The normalized spacial score (nSPS) is 12.2. The minimum absolute atomic E-state index is 0. The quantitative estimate of drug-likeness (QED) is 0.128. The maximum Gasteiger partial charge on any atom is 0.216 e. The van der Waals surface area contributed by atoms with Crippen LogP contribution in [0.2, 0.25) is 19.6 Å². The Hall–Kier alpha value is -4.22. The summed E-state index contributed by atoms with van der Waals surface area (Å²) in [4.78, 5) is 13.9. The van der Waals surface area contributed by atoms with E-state index < -0.39 is 14.0 Å². The largest absolute Gasteiger partial charge is 0.486 e. The molecule has 0 aliphatic carbocycles. The van der Waals surface area contributed by atoms with E-state index >= 15 is 0 Å². The summed E-state index contributed by atoms with van der Waals surface area (Å²) in [6.45, 7) is 17.4. The van der Waals surface area contributed by atoms with Crippen LogP contribution in [0.4, 0.5) is 0 Å². The van der Waals surface area contributed by atoms with Crippen molar-refractivity contribution >= 4 is 35.3 Å². The standard InChI is InChI=1S/C26H21N2O.C17H22NSi.Ir/c1-26(2,3)19-13-14-27-23(16-19)18-9-12-24-21(15-18)20-10-11-22(28-25(20)29-24)17-7-5-4-6-8-17;1-13(2)15-11-16(14-9-7-6-8-10-14)18-12-17(15)19(3,4)5;/h4-8,10-16H,1-3H3;6-9,11-13H,1-5H3;/q2*-1;/i;13D;. The van der Waals surface area contributed by atoms with Crippen LogP contribution < -0.4 is 5.19 Å². The maximum atomic E-state index is 8.44. The van der Waals surface area contributed by atoms with Gasteiger partial charge in [0.15, 0.2) is 0 Å². The van der Waals surface area contributed by atoms with Crippen LogP contribution in [0.25, 0.3) is 55.8 Å². The summed E-state index contributed by atoms with van der Waals surface area (Å²) < 4.78 is 14.5. The van der Waals surface area contributed by atoms with Gasteiger partial charge in [0.1, 0.15) is 0 Å². The molecule has 0 unspecified atom stereocenters. The van der Waals surface area contributed by atoms with Crippen molar-refractivity contribution in [2.45, 2.75) is 65.6 Å². The molecule has 6 heteroatoms. The second-order valence-electron chi connectivity index (χ2n) is 14.5. The van der Waals surface area contributed by atoms with E-state index in [0.717, 1.165) is 55.7 Å². The number of fused-ring (bicyclic) bond motifs is 3. The van der Waals surface area contributed by atoms with Crippen molar-refractivity contribution in [2.75, 3.05) is 0 Å². The first-order valence-electron chi connectivity index (χ1n) is 16.9. The van der Waals surface area contributed by atoms with Crippen molar-refractivity contribution in [1.29, 1.82) is 0 Å². The van der Waals surface area contributed by atoms with E-state index in [9.17, 15) is 0 Å². The van der Waals surface area contributed by atoms with Gasteiger partial charge in [0.25, 0.3) is 0 Å². The zero-order valence-electron chi connectivity index (χ0n) is 30.5. The van der Waals surface area contributed by atoms with E-state index in [4.69, 9.17) is 10.8 Å². The van der Waals surface area contributed by atoms with Gasteiger partial charge in [-0.05, 0) is 51.6 Å². The number of pyridine rings is 3. The van der Waals surface area contributed by atoms with Crippen molar-refractivity contribution in [3.05, 3.63) is 133 Å². The summed E-state index contributed by atoms with van der Waals surface area (Å²) in [6, 6.07) is 38.9. The Kier molecular flexibility index (Phi) is 10.4. The topological polar surface area (TPSA) is 51.8 Å². The molecule has 0 N–H and O–H groups in total. The van der Waals surface area contributed by atoms with Gasteiger partial charge in [0.05, 0.1) is 19.4 Å². The first-order chi connectivity index (χ1) is 23.2. The van der Waals surface area contributed by atoms with Crippen molar-refractivity contribution in [2.24, 2.45) is 0 Å². The minimum Gasteiger partial charge on any atom is -0.486 e. The molecule has 49 heavy (non-hydrogen) atoms. The minimum atomic E-state index is -1.50. The molecule has 4 heterocycles. The third-order valence-electron chi connectivity index (χ3n) is 8.48. The SMILES string of the molecule is CC(C)(C)c1ccnc(-c2[c-]cc3oc4nc(-c5ccccc5)ccc4c3c2)c1.[2H]C(C)(C)c1cc(-c2[c-]cccc2)ncc1[Si](C)(C)C.[Ir]. The van der Waals surface area contributed by atoms with Gasteiger partial charge in [-0.3, -0.25) is 0 Å². The zero-order chi connectivity index (χ0) is 35.0. The first-order valence-corrected chi connectivity index (χ1v) is 19.9. The van der Waals surface area contributed by atoms with Gasteiger partial charge in [-0.2, -0.15) is 0 Å². The number of hydrogen-bond donors (Lipinski definition) is 0. The van der Waals surface area contributed by atoms with E-state index in [1.165, 1.54) is 10.8 Å². The van der Waals surface area contributed by atoms with E-state index in [2.05, 4.69) is 105 Å². The average molecular weight is 839 g/mol. The maximum absolute atomic E-state index is 8.44. The van der Waals surface area contributed by atoms with Gasteiger partial charge < -0.3 is 14.4 Å². The molecule has 0 amide bonds. The Morgan fingerprint density at radius 2 is 1.51 bits per heavy atom. The molecule has 0 atom stereocenters. The molecule has 0 spiro atoms. The van der Waals surface area contributed by atoms with Gasteiger partial charge in [-0.15, -0.1) is 59.7 Å². The Balaban J connectivity index is 0.000000204. The second-order valence-corrected chi connectivity index (χ2v) is 19.5. The van der Waals surface area contributed by atoms with Crippen molar-refractivity contribution in [3.8, 4) is 33.8 Å². The van der Waals surface area contributed by atoms with Crippen LogP contribution in [0.5, 0.6) is 0 Å². The fourth-order valence-electron chi connectivity index (χ4n) is 5.73. The molecule has 3 aromatic carbocycles. The van der Waals surface area contributed by atoms with Crippen molar-refractivity contribution in [3.63, 3.8) is 0 Å². The number of furan rings is 1. The third-order valence-corrected chi connectivity index (χ3v) is 10.5. The van der Waals surface area contributed by atoms with E-state index in [0.29, 0.717) is 5.71 Å². The molecule has 4 aromatic heterocycles. The molecule has 7 aromatic rings. The van der Waals surface area contributed by atoms with Crippen molar-refractivity contribution < 1.29 is 25.9 Å². The van der Waals surface area contributed by atoms with Crippen LogP contribution in [0.15, 0.2) is 114 Å². The monoisotopic (exact) mass is 839 g/mol. The fraction of sp³-hybridized carbons (Fsp3) is 0.233. The van der Waals surface area contributed by atoms with Crippen LogP contribution in [0.3, 0.4) is 0 Å². The molecule has 7 rings (SSSR count). The Labute approximate surface area is 306 Å². The number of benzene rings is 3. The van der Waals surface area contributed by atoms with Gasteiger partial charge in [-0.25, -0.2) is 4.98 Å². The van der Waals surface area contributed by atoms with Crippen LogP contribution in [-0.2, 0) is 25.5 Å². The number of hydrogen-bond acceptors (Lipinski definition) is 4. The van der Waals surface area contributed by atoms with Crippen LogP contribution in [-0.4, -0.2) is 23.0 Å². The summed E-state index contributed by atoms with van der Waals surface area (Å²) >= 11 is 0. The van der Waals surface area contributed by atoms with E-state index in [1.807, 2.05) is 80.8 Å². The van der Waals surface area contributed by atoms with E-state index in [1.54, 1.807) is 0 Å². The van der Waals surface area contributed by atoms with Gasteiger partial charge >= 0.3 is 0 Å². The van der Waals surface area contributed by atoms with Crippen LogP contribution in [0, 0.1) is 12.1 Å². The summed E-state index contributed by atoms with van der Waals surface area (Å²) in [5.74, 6) is -0.609. The number of nitrogens with zero attached hydrogens (tertiary/aromatic N) is 3. The molecular formula is C43H43IrN3OSi-2. The zero-order valence-corrected chi connectivity index (χ0v) is 32.9. The molecular weight excluding hydrogens is 795 g/mol. The smallest absolute Gasteiger partial charge is 0.216 e. The Morgan fingerprint density at radius 1 is 0.776 bits per heavy atom. The average Bonchev–Trinajstić information content (AvgIpc) is 3.45. The second kappa shape index (κ2) is 14.7. The number of aromatic nitrogens is 3. The van der Waals surface area contributed by atoms with Crippen LogP contribution >= 0.6 is 0 Å². The van der Waals surface area contributed by atoms with Gasteiger partial charge in [-0.1, -0.05) is 108 Å². The predicted molar refractivity (Wildman–Crippen MR) is 203 cm³/mol. The predicted octanol–water partition coefficient (Wildman–Crippen LogP) is 11.0. The Morgan fingerprint density at radius 3 is 2.18 bits per heavy atom. The van der Waals surface area contributed by atoms with Gasteiger partial charge in [0.2, 0.25) is 5.71 Å². The third kappa shape index (κ3) is 8.16. The molecule has 0 aliphatic rings. The number of rotatable bonds is 5. The van der Waals surface area contributed by atoms with Crippen molar-refractivity contribution in [1.82, 2.24) is 15.0 Å².